The molecule has 0 saturated carbocycles. The molecule has 18 N–H and O–H groups in total. The van der Waals surface area contributed by atoms with Crippen molar-refractivity contribution in [2.45, 2.75) is 133 Å². The van der Waals surface area contributed by atoms with Crippen molar-refractivity contribution in [1.29, 1.82) is 0 Å². The summed E-state index contributed by atoms with van der Waals surface area (Å²) in [5.74, 6) is -7.74. The molecule has 9 amide bonds. The first-order chi connectivity index (χ1) is 40.2. The summed E-state index contributed by atoms with van der Waals surface area (Å²) in [7, 11) is 2.95. The molecule has 0 unspecified atom stereocenters. The lowest BCUT2D eigenvalue weighted by atomic mass is 10.0. The molecular formula is C56H83N17O11. The van der Waals surface area contributed by atoms with Gasteiger partial charge >= 0.3 is 12.0 Å². The van der Waals surface area contributed by atoms with Gasteiger partial charge in [0, 0.05) is 88.5 Å². The molecule has 458 valence electrons. The van der Waals surface area contributed by atoms with Crippen LogP contribution in [0.3, 0.4) is 0 Å². The number of para-hydroxylation sites is 1. The number of carbonyl (C=O) groups is 9. The number of nitrogens with one attached hydrogen (secondary N) is 9. The molecule has 0 aliphatic carbocycles. The minimum Gasteiger partial charge on any atom is -0.481 e. The number of benzene rings is 2. The molecule has 5 rings (SSSR count). The molecule has 28 nitrogen and oxygen atoms in total. The molecular weight excluding hydrogens is 1090 g/mol. The summed E-state index contributed by atoms with van der Waals surface area (Å²) in [5.41, 5.74) is 26.0. The number of fused-ring (bicyclic) bond motifs is 1. The second-order valence-electron chi connectivity index (χ2n) is 20.9. The van der Waals surface area contributed by atoms with Crippen molar-refractivity contribution in [3.05, 3.63) is 89.6 Å². The smallest absolute Gasteiger partial charge is 0.317 e. The molecule has 84 heavy (non-hydrogen) atoms. The van der Waals surface area contributed by atoms with Crippen molar-refractivity contribution in [2.24, 2.45) is 27.9 Å². The van der Waals surface area contributed by atoms with E-state index < -0.39 is 102 Å². The number of hydrogen-bond acceptors (Lipinski definition) is 14. The lowest BCUT2D eigenvalue weighted by Crippen LogP contribution is -2.61. The van der Waals surface area contributed by atoms with Gasteiger partial charge in [-0.3, -0.25) is 48.2 Å². The largest absolute Gasteiger partial charge is 0.481 e. The van der Waals surface area contributed by atoms with Gasteiger partial charge in [-0.2, -0.15) is 0 Å². The van der Waals surface area contributed by atoms with E-state index in [1.807, 2.05) is 43.3 Å². The van der Waals surface area contributed by atoms with Crippen molar-refractivity contribution in [3.63, 3.8) is 0 Å². The monoisotopic (exact) mass is 1170 g/mol. The van der Waals surface area contributed by atoms with Gasteiger partial charge in [-0.25, -0.2) is 9.78 Å². The molecule has 28 heteroatoms. The van der Waals surface area contributed by atoms with Gasteiger partial charge in [0.05, 0.1) is 26.0 Å². The van der Waals surface area contributed by atoms with E-state index in [1.165, 1.54) is 31.5 Å². The van der Waals surface area contributed by atoms with E-state index in [-0.39, 0.29) is 57.5 Å². The second kappa shape index (κ2) is 34.1. The predicted octanol–water partition coefficient (Wildman–Crippen LogP) is -1.37. The Morgan fingerprint density at radius 3 is 1.81 bits per heavy atom. The minimum absolute atomic E-state index is 0.0315. The van der Waals surface area contributed by atoms with Crippen LogP contribution in [0.25, 0.3) is 10.9 Å². The second-order valence-corrected chi connectivity index (χ2v) is 20.9. The van der Waals surface area contributed by atoms with Crippen LogP contribution in [0.1, 0.15) is 87.1 Å². The summed E-state index contributed by atoms with van der Waals surface area (Å²) in [6, 6.07) is 4.31. The molecule has 1 fully saturated rings. The van der Waals surface area contributed by atoms with Gasteiger partial charge < -0.3 is 84.9 Å². The van der Waals surface area contributed by atoms with Crippen LogP contribution in [0.15, 0.2) is 72.2 Å². The van der Waals surface area contributed by atoms with Crippen LogP contribution in [-0.2, 0) is 68.9 Å². The van der Waals surface area contributed by atoms with E-state index >= 15 is 4.79 Å². The van der Waals surface area contributed by atoms with E-state index in [4.69, 9.17) is 27.7 Å². The Balaban J connectivity index is 1.49. The number of amides is 9. The number of primary amides is 1. The molecule has 3 heterocycles. The third kappa shape index (κ3) is 21.9. The van der Waals surface area contributed by atoms with Crippen LogP contribution in [0.4, 0.5) is 4.79 Å². The highest BCUT2D eigenvalue weighted by Crippen LogP contribution is 2.20. The van der Waals surface area contributed by atoms with Crippen molar-refractivity contribution >= 4 is 70.2 Å². The fourth-order valence-corrected chi connectivity index (χ4v) is 9.32. The Hall–Kier alpha value is -8.63. The maximum Gasteiger partial charge on any atom is 0.317 e. The molecule has 0 spiro atoms. The maximum absolute atomic E-state index is 15.0. The number of nitrogens with two attached hydrogens (primary N) is 4. The number of morpholine rings is 1. The Bertz CT molecular complexity index is 2830. The van der Waals surface area contributed by atoms with Gasteiger partial charge in [0.25, 0.3) is 0 Å². The number of carbonyl (C=O) groups excluding carboxylic acids is 8. The van der Waals surface area contributed by atoms with Crippen LogP contribution in [-0.4, -0.2) is 185 Å². The predicted molar refractivity (Wildman–Crippen MR) is 312 cm³/mol. The third-order valence-electron chi connectivity index (χ3n) is 14.0. The Labute approximate surface area is 487 Å². The van der Waals surface area contributed by atoms with E-state index in [9.17, 15) is 43.5 Å². The molecule has 0 bridgehead atoms. The molecule has 4 aromatic rings. The van der Waals surface area contributed by atoms with Crippen molar-refractivity contribution in [3.8, 4) is 0 Å². The number of rotatable bonds is 35. The van der Waals surface area contributed by atoms with Crippen molar-refractivity contribution < 1.29 is 53.0 Å². The third-order valence-corrected chi connectivity index (χ3v) is 14.0. The zero-order chi connectivity index (χ0) is 61.1. The molecule has 1 aliphatic rings. The number of carboxylic acid groups (broad SMARTS) is 1. The number of aliphatic carboxylic acids is 1. The number of aromatic nitrogens is 3. The van der Waals surface area contributed by atoms with E-state index in [1.54, 1.807) is 18.3 Å². The standard InChI is InChI=1S/C56H83N17O11/c1-4-5-12-42(71-56(83)72(2)3)50(78)70-46(29-47(74)75)54(82)69-45(28-37-31-61-33-64-37)53(81)67-43(26-34-16-18-35(19-17-34)32-73-22-24-84-25-23-73)51(79)66-41(15-10-21-62-55(59)60)49(77)68-44(27-36-30-63-39-13-7-6-11-38(36)39)52(80)65-40(48(58)76)14-8-9-20-57/h6-7,11,13,16-19,30-31,33,40-46,63H,4-5,8-10,12,14-15,20-29,32,57H2,1-3H3,(H2,58,76)(H,61,64)(H,65,80)(H,66,79)(H,67,81)(H,68,77)(H,69,82)(H,70,78)(H,71,83)(H,74,75)(H4,59,60,62)/t40-,41-,42-,43+,44-,45-,46-/m0/s1. The number of guanidine groups is 1. The van der Waals surface area contributed by atoms with Crippen LogP contribution >= 0.6 is 0 Å². The molecule has 1 aliphatic heterocycles. The first-order valence-corrected chi connectivity index (χ1v) is 28.2. The van der Waals surface area contributed by atoms with Gasteiger partial charge in [0.2, 0.25) is 41.4 Å². The summed E-state index contributed by atoms with van der Waals surface area (Å²) >= 11 is 0. The first kappa shape index (κ1) is 66.2. The van der Waals surface area contributed by atoms with Crippen LogP contribution < -0.4 is 60.2 Å². The molecule has 0 radical (unpaired) electrons. The van der Waals surface area contributed by atoms with E-state index in [0.717, 1.165) is 29.6 Å². The summed E-state index contributed by atoms with van der Waals surface area (Å²) in [6.45, 7) is 5.55. The van der Waals surface area contributed by atoms with Gasteiger partial charge in [0.15, 0.2) is 5.96 Å². The average molecular weight is 1170 g/mol. The number of nitrogens with zero attached hydrogens (tertiary/aromatic N) is 4. The zero-order valence-electron chi connectivity index (χ0n) is 48.0. The minimum atomic E-state index is -1.75. The van der Waals surface area contributed by atoms with E-state index in [2.05, 4.69) is 62.1 Å². The lowest BCUT2D eigenvalue weighted by molar-refractivity contribution is -0.141. The van der Waals surface area contributed by atoms with Crippen molar-refractivity contribution in [2.75, 3.05) is 53.5 Å². The fraction of sp³-hybridized carbons (Fsp3) is 0.518. The number of carboxylic acids is 1. The molecule has 7 atom stereocenters. The van der Waals surface area contributed by atoms with E-state index in [0.29, 0.717) is 68.8 Å². The first-order valence-electron chi connectivity index (χ1n) is 28.2. The Kier molecular flexibility index (Phi) is 26.9. The maximum atomic E-state index is 15.0. The highest BCUT2D eigenvalue weighted by molar-refractivity contribution is 5.99. The van der Waals surface area contributed by atoms with Gasteiger partial charge in [-0.15, -0.1) is 0 Å². The Morgan fingerprint density at radius 2 is 1.21 bits per heavy atom. The highest BCUT2D eigenvalue weighted by atomic mass is 16.5. The molecule has 1 saturated heterocycles. The number of imidazole rings is 1. The fourth-order valence-electron chi connectivity index (χ4n) is 9.32. The quantitative estimate of drug-likeness (QED) is 0.0144. The van der Waals surface area contributed by atoms with Gasteiger partial charge in [-0.05, 0) is 67.8 Å². The number of urea groups is 1. The summed E-state index contributed by atoms with van der Waals surface area (Å²) < 4.78 is 5.51. The van der Waals surface area contributed by atoms with Gasteiger partial charge in [-0.1, -0.05) is 62.2 Å². The lowest BCUT2D eigenvalue weighted by Gasteiger charge is -2.28. The number of ether oxygens (including phenoxy) is 1. The highest BCUT2D eigenvalue weighted by Gasteiger charge is 2.36. The van der Waals surface area contributed by atoms with Gasteiger partial charge in [0.1, 0.15) is 42.3 Å². The summed E-state index contributed by atoms with van der Waals surface area (Å²) in [4.78, 5) is 142. The molecule has 2 aromatic heterocycles. The SMILES string of the molecule is CCCC[C@H](NC(=O)N(C)C)C(=O)N[C@@H](CC(=O)O)C(=O)N[C@@H](Cc1cnc[nH]1)C(=O)N[C@H](Cc1ccc(CN2CCOCC2)cc1)C(=O)N[C@@H](CCCN=C(N)N)C(=O)N[C@@H](Cc1c[nH]c2ccccc12)C(=O)N[C@@H](CCCCN)C(N)=O. The summed E-state index contributed by atoms with van der Waals surface area (Å²) in [5, 5.41) is 29.4. The number of aliphatic imine (C=N–C) groups is 1. The van der Waals surface area contributed by atoms with Crippen LogP contribution in [0, 0.1) is 0 Å². The number of aromatic amines is 2. The number of unbranched alkanes of at least 4 members (excludes halogenated alkanes) is 2. The number of hydrogen-bond donors (Lipinski definition) is 14. The summed E-state index contributed by atoms with van der Waals surface area (Å²) in [6.07, 6.45) is 5.59. The number of H-pyrrole nitrogens is 2. The zero-order valence-corrected chi connectivity index (χ0v) is 48.0. The van der Waals surface area contributed by atoms with Crippen molar-refractivity contribution in [1.82, 2.24) is 62.0 Å². The topological polar surface area (TPSA) is 435 Å². The molecule has 2 aromatic carbocycles. The van der Waals surface area contributed by atoms with Crippen LogP contribution in [0.2, 0.25) is 0 Å². The normalized spacial score (nSPS) is 14.9. The average Bonchev–Trinajstić information content (AvgIpc) is 3.91. The van der Waals surface area contributed by atoms with Crippen LogP contribution in [0.5, 0.6) is 0 Å². The Morgan fingerprint density at radius 1 is 0.667 bits per heavy atom.